The van der Waals surface area contributed by atoms with Crippen molar-refractivity contribution in [3.63, 3.8) is 0 Å². The molecule has 0 N–H and O–H groups in total. The first-order chi connectivity index (χ1) is 26.2. The molecule has 8 aromatic rings. The molecule has 0 saturated carbocycles. The monoisotopic (exact) mass is 842 g/mol. The first kappa shape index (κ1) is 36.4. The summed E-state index contributed by atoms with van der Waals surface area (Å²) < 4.78 is 17.2. The van der Waals surface area contributed by atoms with Gasteiger partial charge in [0, 0.05) is 56.6 Å². The Kier molecular flexibility index (Phi) is 11.0. The summed E-state index contributed by atoms with van der Waals surface area (Å²) in [6.07, 6.45) is 5.83. The first-order valence-corrected chi connectivity index (χ1v) is 18.5. The minimum atomic E-state index is -0.494. The van der Waals surface area contributed by atoms with Gasteiger partial charge in [0.25, 0.3) is 0 Å². The van der Waals surface area contributed by atoms with Crippen LogP contribution >= 0.6 is 31.9 Å². The lowest BCUT2D eigenvalue weighted by molar-refractivity contribution is 0.218. The average molecular weight is 845 g/mol. The highest BCUT2D eigenvalue weighted by molar-refractivity contribution is 9.10. The second kappa shape index (κ2) is 16.4. The van der Waals surface area contributed by atoms with Crippen LogP contribution in [0.4, 0.5) is 0 Å². The van der Waals surface area contributed by atoms with E-state index in [4.69, 9.17) is 9.47 Å². The summed E-state index contributed by atoms with van der Waals surface area (Å²) in [7, 11) is 0. The molecule has 8 rings (SSSR count). The maximum atomic E-state index is 12.3. The Hall–Kier alpha value is -5.98. The summed E-state index contributed by atoms with van der Waals surface area (Å²) >= 11 is 6.91. The Morgan fingerprint density at radius 2 is 0.981 bits per heavy atom. The molecular weight excluding hydrogens is 812 g/mol. The van der Waals surface area contributed by atoms with E-state index in [9.17, 15) is 9.59 Å². The molecule has 4 aromatic heterocycles. The van der Waals surface area contributed by atoms with Crippen LogP contribution in [-0.2, 0) is 0 Å². The van der Waals surface area contributed by atoms with Crippen LogP contribution in [-0.4, -0.2) is 29.5 Å². The van der Waals surface area contributed by atoms with E-state index in [1.807, 2.05) is 123 Å². The number of hydrogen-bond donors (Lipinski definition) is 0. The number of nitrogens with zero attached hydrogens (tertiary/aromatic N) is 6. The van der Waals surface area contributed by atoms with E-state index in [1.165, 1.54) is 12.1 Å². The van der Waals surface area contributed by atoms with Gasteiger partial charge in [-0.2, -0.15) is 10.2 Å². The molecule has 2 atom stereocenters. The van der Waals surface area contributed by atoms with Gasteiger partial charge in [0.05, 0.1) is 22.4 Å². The molecule has 268 valence electrons. The van der Waals surface area contributed by atoms with Crippen molar-refractivity contribution >= 4 is 53.7 Å². The fourth-order valence-corrected chi connectivity index (χ4v) is 6.48. The van der Waals surface area contributed by atoms with Crippen LogP contribution in [0.1, 0.15) is 37.4 Å². The molecule has 0 aliphatic rings. The fourth-order valence-electron chi connectivity index (χ4n) is 5.71. The van der Waals surface area contributed by atoms with Gasteiger partial charge in [-0.3, -0.25) is 19.6 Å². The average Bonchev–Trinajstić information content (AvgIpc) is 3.18. The van der Waals surface area contributed by atoms with Crippen LogP contribution in [0.5, 0.6) is 11.5 Å². The van der Waals surface area contributed by atoms with E-state index in [0.29, 0.717) is 22.9 Å². The Balaban J connectivity index is 0.000000167. The number of rotatable bonds is 8. The lowest BCUT2D eigenvalue weighted by Gasteiger charge is -2.15. The second-order valence-corrected chi connectivity index (χ2v) is 14.0. The second-order valence-electron chi connectivity index (χ2n) is 12.2. The van der Waals surface area contributed by atoms with Crippen molar-refractivity contribution in [1.82, 2.24) is 29.5 Å². The summed E-state index contributed by atoms with van der Waals surface area (Å²) in [6.45, 7) is 3.64. The summed E-state index contributed by atoms with van der Waals surface area (Å²) in [5.41, 5.74) is 3.89. The lowest BCUT2D eigenvalue weighted by Crippen LogP contribution is -2.21. The molecule has 0 saturated heterocycles. The maximum absolute atomic E-state index is 12.3. The number of aromatic nitrogens is 6. The zero-order valence-electron chi connectivity index (χ0n) is 29.1. The maximum Gasteiger partial charge on any atom is 0.207 e. The van der Waals surface area contributed by atoms with E-state index in [-0.39, 0.29) is 10.9 Å². The molecule has 0 radical (unpaired) electrons. The van der Waals surface area contributed by atoms with Crippen molar-refractivity contribution < 1.29 is 9.47 Å². The Morgan fingerprint density at radius 1 is 0.537 bits per heavy atom. The van der Waals surface area contributed by atoms with E-state index >= 15 is 0 Å². The summed E-state index contributed by atoms with van der Waals surface area (Å²) in [6, 6.07) is 37.5. The van der Waals surface area contributed by atoms with E-state index in [1.54, 1.807) is 34.2 Å². The van der Waals surface area contributed by atoms with Gasteiger partial charge in [-0.05, 0) is 98.8 Å². The van der Waals surface area contributed by atoms with Gasteiger partial charge >= 0.3 is 0 Å². The minimum Gasteiger partial charge on any atom is -0.484 e. The molecule has 10 nitrogen and oxygen atoms in total. The van der Waals surface area contributed by atoms with Crippen molar-refractivity contribution in [2.45, 2.75) is 26.1 Å². The Bertz CT molecular complexity index is 2530. The zero-order valence-corrected chi connectivity index (χ0v) is 32.3. The van der Waals surface area contributed by atoms with Crippen LogP contribution in [0.2, 0.25) is 0 Å². The number of pyridine rings is 2. The highest BCUT2D eigenvalue weighted by Crippen LogP contribution is 2.25. The predicted molar refractivity (Wildman–Crippen MR) is 217 cm³/mol. The van der Waals surface area contributed by atoms with E-state index < -0.39 is 12.2 Å². The Morgan fingerprint density at radius 3 is 1.41 bits per heavy atom. The van der Waals surface area contributed by atoms with E-state index in [0.717, 1.165) is 42.1 Å². The highest BCUT2D eigenvalue weighted by atomic mass is 79.9. The van der Waals surface area contributed by atoms with Crippen LogP contribution in [0.25, 0.3) is 33.2 Å². The first-order valence-electron chi connectivity index (χ1n) is 16.9. The topological polar surface area (TPSA) is 114 Å². The molecule has 0 aliphatic heterocycles. The number of benzene rings is 4. The van der Waals surface area contributed by atoms with Crippen molar-refractivity contribution in [2.75, 3.05) is 0 Å². The summed E-state index contributed by atoms with van der Waals surface area (Å²) in [4.78, 5) is 33.3. The Labute approximate surface area is 327 Å². The fraction of sp³-hybridized carbons (Fsp3) is 0.0952. The SMILES string of the molecule is CC(Oc1ccc2ncccc2c1)c1nn(-c2cccc(Br)c2)ccc1=O.CC(Oc1ccc2ncccc2c1)c1nn(-c2cccc(Br)c2)ccc1=O. The largest absolute Gasteiger partial charge is 0.484 e. The van der Waals surface area contributed by atoms with Gasteiger partial charge in [0.15, 0.2) is 0 Å². The third-order valence-corrected chi connectivity index (χ3v) is 9.35. The smallest absolute Gasteiger partial charge is 0.207 e. The van der Waals surface area contributed by atoms with Gasteiger partial charge in [-0.15, -0.1) is 0 Å². The summed E-state index contributed by atoms with van der Waals surface area (Å²) in [5, 5.41) is 10.9. The van der Waals surface area contributed by atoms with Crippen LogP contribution in [0, 0.1) is 0 Å². The molecule has 0 fully saturated rings. The van der Waals surface area contributed by atoms with Crippen LogP contribution in [0.3, 0.4) is 0 Å². The zero-order chi connectivity index (χ0) is 37.6. The normalized spacial score (nSPS) is 12.1. The van der Waals surface area contributed by atoms with Crippen LogP contribution in [0.15, 0.2) is 165 Å². The molecule has 4 heterocycles. The highest BCUT2D eigenvalue weighted by Gasteiger charge is 2.16. The minimum absolute atomic E-state index is 0.156. The lowest BCUT2D eigenvalue weighted by atomic mass is 10.2. The van der Waals surface area contributed by atoms with Crippen LogP contribution < -0.4 is 20.3 Å². The van der Waals surface area contributed by atoms with Gasteiger partial charge in [-0.25, -0.2) is 9.36 Å². The standard InChI is InChI=1S/2C21H16BrN3O2/c2*1-14(27-18-7-8-19-15(12-18)4-3-10-23-19)21-20(26)9-11-25(24-21)17-6-2-5-16(22)13-17/h2*2-14H,1H3. The van der Waals surface area contributed by atoms with Gasteiger partial charge < -0.3 is 9.47 Å². The number of hydrogen-bond acceptors (Lipinski definition) is 8. The molecule has 0 amide bonds. The van der Waals surface area contributed by atoms with Crippen molar-refractivity contribution in [2.24, 2.45) is 0 Å². The number of ether oxygens (including phenoxy) is 2. The van der Waals surface area contributed by atoms with Crippen molar-refractivity contribution in [3.8, 4) is 22.9 Å². The third-order valence-electron chi connectivity index (χ3n) is 8.36. The third kappa shape index (κ3) is 8.62. The predicted octanol–water partition coefficient (Wildman–Crippen LogP) is 9.37. The van der Waals surface area contributed by atoms with E-state index in [2.05, 4.69) is 52.0 Å². The molecule has 0 spiro atoms. The summed E-state index contributed by atoms with van der Waals surface area (Å²) in [5.74, 6) is 1.34. The molecule has 4 aromatic carbocycles. The van der Waals surface area contributed by atoms with Gasteiger partial charge in [0.1, 0.15) is 35.1 Å². The molecule has 0 bridgehead atoms. The molecule has 12 heteroatoms. The molecule has 2 unspecified atom stereocenters. The van der Waals surface area contributed by atoms with Crippen molar-refractivity contribution in [3.05, 3.63) is 187 Å². The number of halogens is 2. The van der Waals surface area contributed by atoms with Crippen molar-refractivity contribution in [1.29, 1.82) is 0 Å². The van der Waals surface area contributed by atoms with Gasteiger partial charge in [-0.1, -0.05) is 56.1 Å². The number of fused-ring (bicyclic) bond motifs is 2. The molecule has 54 heavy (non-hydrogen) atoms. The molecule has 0 aliphatic carbocycles. The molecular formula is C42H32Br2N6O4. The quantitative estimate of drug-likeness (QED) is 0.149. The van der Waals surface area contributed by atoms with Gasteiger partial charge in [0.2, 0.25) is 10.9 Å².